The van der Waals surface area contributed by atoms with Crippen molar-refractivity contribution in [1.82, 2.24) is 4.98 Å². The topological polar surface area (TPSA) is 60.5 Å². The Morgan fingerprint density at radius 2 is 1.77 bits per heavy atom. The summed E-state index contributed by atoms with van der Waals surface area (Å²) in [5.74, 6) is 0.139. The number of pyridine rings is 1. The van der Waals surface area contributed by atoms with E-state index in [0.717, 1.165) is 22.4 Å². The van der Waals surface area contributed by atoms with E-state index >= 15 is 0 Å². The number of carbonyl (C=O) groups is 1. The fourth-order valence-electron chi connectivity index (χ4n) is 3.94. The van der Waals surface area contributed by atoms with Gasteiger partial charge in [-0.3, -0.25) is 4.79 Å². The summed E-state index contributed by atoms with van der Waals surface area (Å²) in [5.41, 5.74) is 3.74. The van der Waals surface area contributed by atoms with E-state index in [-0.39, 0.29) is 17.4 Å². The minimum atomic E-state index is -3.68. The summed E-state index contributed by atoms with van der Waals surface area (Å²) in [6.45, 7) is 3.99. The molecule has 158 valence electrons. The molecule has 5 nitrogen and oxygen atoms in total. The first-order valence-electron chi connectivity index (χ1n) is 10.0. The molecular formula is C24H20F2N2O3. The Morgan fingerprint density at radius 1 is 1.00 bits per heavy atom. The summed E-state index contributed by atoms with van der Waals surface area (Å²) in [6.07, 6.45) is -2.45. The van der Waals surface area contributed by atoms with Crippen LogP contribution >= 0.6 is 0 Å². The molecule has 0 radical (unpaired) electrons. The Hall–Kier alpha value is -3.48. The van der Waals surface area contributed by atoms with Gasteiger partial charge in [0.25, 0.3) is 0 Å². The molecule has 2 aromatic carbocycles. The molecule has 2 aliphatic rings. The van der Waals surface area contributed by atoms with Crippen LogP contribution in [-0.2, 0) is 10.2 Å². The second kappa shape index (κ2) is 6.77. The standard InChI is InChI=1S/C24H20F2N2O3/c1-14-4-3-5-16(12-14)21-15(2)6-9-20(27-21)28-22(29)23(10-11-23)17-7-8-18-19(13-17)31-24(25,26)30-18/h3-9,12-13H,10-11H2,1-2H3,(H,27,28,29). The number of hydrogen-bond acceptors (Lipinski definition) is 4. The van der Waals surface area contributed by atoms with Crippen molar-refractivity contribution in [3.05, 3.63) is 71.3 Å². The number of anilines is 1. The number of nitrogens with one attached hydrogen (secondary N) is 1. The normalized spacial score (nSPS) is 17.3. The SMILES string of the molecule is Cc1cccc(-c2nc(NC(=O)C3(c4ccc5c(c4)OC(F)(F)O5)CC3)ccc2C)c1. The van der Waals surface area contributed by atoms with E-state index in [9.17, 15) is 13.6 Å². The number of fused-ring (bicyclic) bond motifs is 1. The first-order valence-corrected chi connectivity index (χ1v) is 10.0. The van der Waals surface area contributed by atoms with Crippen LogP contribution in [0.1, 0.15) is 29.5 Å². The Balaban J connectivity index is 1.40. The number of rotatable bonds is 4. The van der Waals surface area contributed by atoms with E-state index in [1.165, 1.54) is 12.1 Å². The minimum absolute atomic E-state index is 0.0343. The summed E-state index contributed by atoms with van der Waals surface area (Å²) in [5, 5.41) is 2.91. The molecule has 0 bridgehead atoms. The lowest BCUT2D eigenvalue weighted by Crippen LogP contribution is -2.28. The molecule has 1 aliphatic heterocycles. The van der Waals surface area contributed by atoms with Crippen LogP contribution in [0, 0.1) is 13.8 Å². The van der Waals surface area contributed by atoms with Gasteiger partial charge in [0, 0.05) is 5.56 Å². The van der Waals surface area contributed by atoms with Gasteiger partial charge in [0.1, 0.15) is 5.82 Å². The van der Waals surface area contributed by atoms with E-state index in [4.69, 9.17) is 0 Å². The number of aryl methyl sites for hydroxylation is 2. The smallest absolute Gasteiger partial charge is 0.395 e. The summed E-state index contributed by atoms with van der Waals surface area (Å²) >= 11 is 0. The molecule has 31 heavy (non-hydrogen) atoms. The molecule has 1 fully saturated rings. The van der Waals surface area contributed by atoms with Gasteiger partial charge in [-0.2, -0.15) is 0 Å². The monoisotopic (exact) mass is 422 g/mol. The number of nitrogens with zero attached hydrogens (tertiary/aromatic N) is 1. The Labute approximate surface area is 178 Å². The third kappa shape index (κ3) is 3.50. The summed E-state index contributed by atoms with van der Waals surface area (Å²) in [4.78, 5) is 17.8. The predicted octanol–water partition coefficient (Wildman–Crippen LogP) is 5.36. The van der Waals surface area contributed by atoms with Gasteiger partial charge in [0.15, 0.2) is 11.5 Å². The molecule has 1 amide bonds. The molecule has 1 aliphatic carbocycles. The highest BCUT2D eigenvalue weighted by molar-refractivity contribution is 6.01. The van der Waals surface area contributed by atoms with Crippen molar-refractivity contribution >= 4 is 11.7 Å². The molecule has 7 heteroatoms. The van der Waals surface area contributed by atoms with Gasteiger partial charge < -0.3 is 14.8 Å². The summed E-state index contributed by atoms with van der Waals surface area (Å²) in [7, 11) is 0. The fraction of sp³-hybridized carbons (Fsp3) is 0.250. The average molecular weight is 422 g/mol. The van der Waals surface area contributed by atoms with Gasteiger partial charge in [-0.25, -0.2) is 4.98 Å². The van der Waals surface area contributed by atoms with E-state index in [0.29, 0.717) is 24.2 Å². The number of amides is 1. The first kappa shape index (κ1) is 19.5. The molecule has 0 spiro atoms. The van der Waals surface area contributed by atoms with Crippen molar-refractivity contribution in [2.45, 2.75) is 38.4 Å². The highest BCUT2D eigenvalue weighted by Gasteiger charge is 2.53. The van der Waals surface area contributed by atoms with Crippen molar-refractivity contribution in [2.24, 2.45) is 0 Å². The Morgan fingerprint density at radius 3 is 2.52 bits per heavy atom. The Bertz CT molecular complexity index is 1210. The first-order chi connectivity index (χ1) is 14.8. The van der Waals surface area contributed by atoms with Gasteiger partial charge in [-0.15, -0.1) is 8.78 Å². The molecule has 1 saturated carbocycles. The molecule has 0 saturated heterocycles. The van der Waals surface area contributed by atoms with Crippen LogP contribution in [-0.4, -0.2) is 17.2 Å². The minimum Gasteiger partial charge on any atom is -0.395 e. The maximum atomic E-state index is 13.3. The number of alkyl halides is 2. The van der Waals surface area contributed by atoms with Crippen LogP contribution < -0.4 is 14.8 Å². The zero-order valence-corrected chi connectivity index (χ0v) is 17.0. The van der Waals surface area contributed by atoms with Gasteiger partial charge in [0.2, 0.25) is 5.91 Å². The quantitative estimate of drug-likeness (QED) is 0.615. The van der Waals surface area contributed by atoms with Crippen molar-refractivity contribution in [3.63, 3.8) is 0 Å². The van der Waals surface area contributed by atoms with E-state index in [1.807, 2.05) is 44.2 Å². The van der Waals surface area contributed by atoms with Gasteiger partial charge >= 0.3 is 6.29 Å². The van der Waals surface area contributed by atoms with Gasteiger partial charge in [-0.05, 0) is 62.1 Å². The lowest BCUT2D eigenvalue weighted by Gasteiger charge is -2.17. The highest BCUT2D eigenvalue weighted by atomic mass is 19.3. The van der Waals surface area contributed by atoms with E-state index in [2.05, 4.69) is 19.8 Å². The molecule has 3 aromatic rings. The molecule has 0 atom stereocenters. The number of ether oxygens (including phenoxy) is 2. The average Bonchev–Trinajstić information content (AvgIpc) is 3.46. The maximum Gasteiger partial charge on any atom is 0.586 e. The second-order valence-corrected chi connectivity index (χ2v) is 8.10. The fourth-order valence-corrected chi connectivity index (χ4v) is 3.94. The lowest BCUT2D eigenvalue weighted by molar-refractivity contribution is -0.286. The maximum absolute atomic E-state index is 13.3. The third-order valence-corrected chi connectivity index (χ3v) is 5.77. The van der Waals surface area contributed by atoms with Gasteiger partial charge in [-0.1, -0.05) is 35.9 Å². The molecule has 1 aromatic heterocycles. The van der Waals surface area contributed by atoms with Crippen LogP contribution in [0.25, 0.3) is 11.3 Å². The number of hydrogen-bond donors (Lipinski definition) is 1. The van der Waals surface area contributed by atoms with E-state index in [1.54, 1.807) is 12.1 Å². The number of carbonyl (C=O) groups excluding carboxylic acids is 1. The summed E-state index contributed by atoms with van der Waals surface area (Å²) < 4.78 is 35.7. The third-order valence-electron chi connectivity index (χ3n) is 5.77. The second-order valence-electron chi connectivity index (χ2n) is 8.10. The summed E-state index contributed by atoms with van der Waals surface area (Å²) in [6, 6.07) is 16.2. The molecule has 5 rings (SSSR count). The lowest BCUT2D eigenvalue weighted by atomic mass is 9.94. The Kier molecular flexibility index (Phi) is 4.25. The highest BCUT2D eigenvalue weighted by Crippen LogP contribution is 2.52. The molecule has 0 unspecified atom stereocenters. The van der Waals surface area contributed by atoms with Crippen LogP contribution in [0.15, 0.2) is 54.6 Å². The predicted molar refractivity (Wildman–Crippen MR) is 111 cm³/mol. The number of aromatic nitrogens is 1. The van der Waals surface area contributed by atoms with Crippen molar-refractivity contribution in [2.75, 3.05) is 5.32 Å². The zero-order valence-electron chi connectivity index (χ0n) is 17.0. The van der Waals surface area contributed by atoms with Gasteiger partial charge in [0.05, 0.1) is 11.1 Å². The molecule has 1 N–H and O–H groups in total. The number of benzene rings is 2. The van der Waals surface area contributed by atoms with Crippen LogP contribution in [0.2, 0.25) is 0 Å². The van der Waals surface area contributed by atoms with Crippen LogP contribution in [0.4, 0.5) is 14.6 Å². The molecular weight excluding hydrogens is 402 g/mol. The van der Waals surface area contributed by atoms with Crippen LogP contribution in [0.5, 0.6) is 11.5 Å². The largest absolute Gasteiger partial charge is 0.586 e. The van der Waals surface area contributed by atoms with E-state index < -0.39 is 11.7 Å². The van der Waals surface area contributed by atoms with Crippen molar-refractivity contribution < 1.29 is 23.0 Å². The molecule has 2 heterocycles. The van der Waals surface area contributed by atoms with Crippen molar-refractivity contribution in [3.8, 4) is 22.8 Å². The zero-order chi connectivity index (χ0) is 21.8. The van der Waals surface area contributed by atoms with Crippen molar-refractivity contribution in [1.29, 1.82) is 0 Å². The number of halogens is 2. The van der Waals surface area contributed by atoms with Crippen LogP contribution in [0.3, 0.4) is 0 Å².